The molecule has 0 aliphatic heterocycles. The molecule has 76 valence electrons. The second kappa shape index (κ2) is 3.59. The fourth-order valence-electron chi connectivity index (χ4n) is 2.09. The summed E-state index contributed by atoms with van der Waals surface area (Å²) in [6, 6.07) is 3.71. The molecule has 1 atom stereocenters. The molecule has 0 bridgehead atoms. The molecule has 1 aliphatic carbocycles. The number of aliphatic hydroxyl groups is 1. The summed E-state index contributed by atoms with van der Waals surface area (Å²) in [6.45, 7) is -0.117. The molecule has 0 saturated carbocycles. The lowest BCUT2D eigenvalue weighted by Crippen LogP contribution is -2.17. The topological polar surface area (TPSA) is 66.5 Å². The zero-order chi connectivity index (χ0) is 10.1. The van der Waals surface area contributed by atoms with E-state index >= 15 is 0 Å². The van der Waals surface area contributed by atoms with Crippen LogP contribution < -0.4 is 5.73 Å². The van der Waals surface area contributed by atoms with Crippen LogP contribution >= 0.6 is 0 Å². The van der Waals surface area contributed by atoms with Crippen molar-refractivity contribution in [1.29, 1.82) is 0 Å². The molecule has 0 saturated heterocycles. The van der Waals surface area contributed by atoms with Crippen molar-refractivity contribution in [2.24, 2.45) is 5.73 Å². The van der Waals surface area contributed by atoms with E-state index in [9.17, 15) is 5.11 Å². The van der Waals surface area contributed by atoms with Crippen LogP contribution in [0.1, 0.15) is 35.6 Å². The molecule has 0 radical (unpaired) electrons. The summed E-state index contributed by atoms with van der Waals surface area (Å²) in [6.07, 6.45) is 2.85. The predicted octanol–water partition coefficient (Wildman–Crippen LogP) is 1.22. The van der Waals surface area contributed by atoms with Crippen LogP contribution in [0.4, 0.5) is 0 Å². The average molecular weight is 193 g/mol. The lowest BCUT2D eigenvalue weighted by Gasteiger charge is -2.23. The Kier molecular flexibility index (Phi) is 2.44. The molecule has 0 fully saturated rings. The third-order valence-electron chi connectivity index (χ3n) is 2.91. The van der Waals surface area contributed by atoms with Crippen molar-refractivity contribution in [3.05, 3.63) is 28.8 Å². The minimum absolute atomic E-state index is 0.0393. The summed E-state index contributed by atoms with van der Waals surface area (Å²) in [5.41, 5.74) is 8.49. The Labute approximate surface area is 83.2 Å². The first-order valence-electron chi connectivity index (χ1n) is 4.94. The van der Waals surface area contributed by atoms with Crippen molar-refractivity contribution in [1.82, 2.24) is 0 Å². The van der Waals surface area contributed by atoms with Gasteiger partial charge in [-0.3, -0.25) is 0 Å². The first-order chi connectivity index (χ1) is 6.74. The fourth-order valence-corrected chi connectivity index (χ4v) is 2.09. The predicted molar refractivity (Wildman–Crippen MR) is 53.9 cm³/mol. The molecule has 0 aromatic heterocycles. The number of aliphatic hydroxyl groups excluding tert-OH is 1. The standard InChI is InChI=1S/C11H15NO2/c12-10-3-1-2-9-8(10)5-4-7(6-13)11(9)14/h4-5,10,13-14H,1-3,6,12H2. The SMILES string of the molecule is NC1CCCc2c1ccc(CO)c2O. The minimum atomic E-state index is -0.117. The maximum atomic E-state index is 9.84. The summed E-state index contributed by atoms with van der Waals surface area (Å²) in [4.78, 5) is 0. The summed E-state index contributed by atoms with van der Waals surface area (Å²) in [7, 11) is 0. The second-order valence-electron chi connectivity index (χ2n) is 3.80. The number of fused-ring (bicyclic) bond motifs is 1. The Hall–Kier alpha value is -1.06. The van der Waals surface area contributed by atoms with Gasteiger partial charge >= 0.3 is 0 Å². The van der Waals surface area contributed by atoms with Gasteiger partial charge in [-0.05, 0) is 30.4 Å². The van der Waals surface area contributed by atoms with E-state index in [4.69, 9.17) is 10.8 Å². The number of aromatic hydroxyl groups is 1. The normalized spacial score (nSPS) is 20.6. The first kappa shape index (κ1) is 9.49. The van der Waals surface area contributed by atoms with Crippen molar-refractivity contribution in [2.45, 2.75) is 31.9 Å². The lowest BCUT2D eigenvalue weighted by molar-refractivity contribution is 0.274. The van der Waals surface area contributed by atoms with Crippen molar-refractivity contribution in [3.63, 3.8) is 0 Å². The van der Waals surface area contributed by atoms with E-state index < -0.39 is 0 Å². The van der Waals surface area contributed by atoms with Gasteiger partial charge < -0.3 is 15.9 Å². The summed E-state index contributed by atoms with van der Waals surface area (Å²) >= 11 is 0. The van der Waals surface area contributed by atoms with Crippen molar-refractivity contribution in [2.75, 3.05) is 0 Å². The Morgan fingerprint density at radius 2 is 2.21 bits per heavy atom. The van der Waals surface area contributed by atoms with E-state index in [1.165, 1.54) is 0 Å². The van der Waals surface area contributed by atoms with Gasteiger partial charge in [0.1, 0.15) is 5.75 Å². The van der Waals surface area contributed by atoms with Crippen LogP contribution in [0.2, 0.25) is 0 Å². The molecule has 1 aromatic carbocycles. The van der Waals surface area contributed by atoms with Gasteiger partial charge in [0.15, 0.2) is 0 Å². The van der Waals surface area contributed by atoms with E-state index in [1.807, 2.05) is 6.07 Å². The molecule has 3 nitrogen and oxygen atoms in total. The van der Waals surface area contributed by atoms with Crippen LogP contribution in [0.3, 0.4) is 0 Å². The Morgan fingerprint density at radius 3 is 2.93 bits per heavy atom. The molecule has 14 heavy (non-hydrogen) atoms. The number of phenols is 1. The van der Waals surface area contributed by atoms with Gasteiger partial charge in [-0.25, -0.2) is 0 Å². The zero-order valence-corrected chi connectivity index (χ0v) is 8.03. The van der Waals surface area contributed by atoms with E-state index in [-0.39, 0.29) is 18.4 Å². The van der Waals surface area contributed by atoms with Crippen molar-refractivity contribution < 1.29 is 10.2 Å². The third-order valence-corrected chi connectivity index (χ3v) is 2.91. The first-order valence-corrected chi connectivity index (χ1v) is 4.94. The molecule has 0 heterocycles. The molecule has 1 aliphatic rings. The molecule has 3 heteroatoms. The van der Waals surface area contributed by atoms with Crippen LogP contribution in [0.5, 0.6) is 5.75 Å². The lowest BCUT2D eigenvalue weighted by atomic mass is 9.86. The Bertz CT molecular complexity index is 349. The minimum Gasteiger partial charge on any atom is -0.507 e. The highest BCUT2D eigenvalue weighted by atomic mass is 16.3. The summed E-state index contributed by atoms with van der Waals surface area (Å²) in [5, 5.41) is 18.8. The highest BCUT2D eigenvalue weighted by Gasteiger charge is 2.20. The number of benzene rings is 1. The second-order valence-corrected chi connectivity index (χ2v) is 3.80. The molecule has 0 amide bonds. The van der Waals surface area contributed by atoms with Crippen LogP contribution in [-0.4, -0.2) is 10.2 Å². The quantitative estimate of drug-likeness (QED) is 0.628. The number of nitrogens with two attached hydrogens (primary N) is 1. The monoisotopic (exact) mass is 193 g/mol. The van der Waals surface area contributed by atoms with Crippen LogP contribution in [0.15, 0.2) is 12.1 Å². The van der Waals surface area contributed by atoms with Gasteiger partial charge in [-0.1, -0.05) is 12.1 Å². The van der Waals surface area contributed by atoms with Gasteiger partial charge in [0.25, 0.3) is 0 Å². The van der Waals surface area contributed by atoms with E-state index in [2.05, 4.69) is 0 Å². The summed E-state index contributed by atoms with van der Waals surface area (Å²) in [5.74, 6) is 0.236. The molecule has 0 spiro atoms. The highest BCUT2D eigenvalue weighted by molar-refractivity contribution is 5.47. The summed E-state index contributed by atoms with van der Waals surface area (Å²) < 4.78 is 0. The van der Waals surface area contributed by atoms with Crippen molar-refractivity contribution in [3.8, 4) is 5.75 Å². The Balaban J connectivity index is 2.52. The molecule has 4 N–H and O–H groups in total. The number of rotatable bonds is 1. The average Bonchev–Trinajstić information content (AvgIpc) is 2.20. The van der Waals surface area contributed by atoms with Gasteiger partial charge in [0.2, 0.25) is 0 Å². The van der Waals surface area contributed by atoms with Crippen molar-refractivity contribution >= 4 is 0 Å². The highest BCUT2D eigenvalue weighted by Crippen LogP contribution is 2.35. The van der Waals surface area contributed by atoms with Crippen LogP contribution in [-0.2, 0) is 13.0 Å². The van der Waals surface area contributed by atoms with Gasteiger partial charge in [0.05, 0.1) is 6.61 Å². The maximum absolute atomic E-state index is 9.84. The van der Waals surface area contributed by atoms with Gasteiger partial charge in [-0.15, -0.1) is 0 Å². The number of hydrogen-bond acceptors (Lipinski definition) is 3. The smallest absolute Gasteiger partial charge is 0.124 e. The largest absolute Gasteiger partial charge is 0.507 e. The molecule has 1 unspecified atom stereocenters. The van der Waals surface area contributed by atoms with E-state index in [0.29, 0.717) is 5.56 Å². The zero-order valence-electron chi connectivity index (χ0n) is 8.03. The van der Waals surface area contributed by atoms with E-state index in [1.54, 1.807) is 6.07 Å². The molecular weight excluding hydrogens is 178 g/mol. The fraction of sp³-hybridized carbons (Fsp3) is 0.455. The van der Waals surface area contributed by atoms with E-state index in [0.717, 1.165) is 30.4 Å². The van der Waals surface area contributed by atoms with Crippen LogP contribution in [0.25, 0.3) is 0 Å². The molecule has 2 rings (SSSR count). The van der Waals surface area contributed by atoms with Crippen LogP contribution in [0, 0.1) is 0 Å². The van der Waals surface area contributed by atoms with Gasteiger partial charge in [0, 0.05) is 11.6 Å². The van der Waals surface area contributed by atoms with Gasteiger partial charge in [-0.2, -0.15) is 0 Å². The molecular formula is C11H15NO2. The molecule has 1 aromatic rings. The number of hydrogen-bond donors (Lipinski definition) is 3. The Morgan fingerprint density at radius 1 is 1.43 bits per heavy atom. The maximum Gasteiger partial charge on any atom is 0.124 e. The third kappa shape index (κ3) is 1.38.